The highest BCUT2D eigenvalue weighted by molar-refractivity contribution is 5.89. The second-order valence-electron chi connectivity index (χ2n) is 8.92. The molecule has 2 aromatic rings. The van der Waals surface area contributed by atoms with E-state index in [1.54, 1.807) is 0 Å². The average Bonchev–Trinajstić information content (AvgIpc) is 2.89. The van der Waals surface area contributed by atoms with Crippen LogP contribution in [0.25, 0.3) is 0 Å². The summed E-state index contributed by atoms with van der Waals surface area (Å²) in [5.41, 5.74) is 7.64. The van der Waals surface area contributed by atoms with Crippen LogP contribution < -0.4 is 16.4 Å². The van der Waals surface area contributed by atoms with Gasteiger partial charge in [-0.05, 0) is 47.6 Å². The van der Waals surface area contributed by atoms with Gasteiger partial charge in [-0.3, -0.25) is 9.59 Å². The highest BCUT2D eigenvalue weighted by Gasteiger charge is 2.34. The highest BCUT2D eigenvalue weighted by Crippen LogP contribution is 2.38. The summed E-state index contributed by atoms with van der Waals surface area (Å²) < 4.78 is 18.4. The Kier molecular flexibility index (Phi) is 9.77. The van der Waals surface area contributed by atoms with Gasteiger partial charge in [0.05, 0.1) is 19.3 Å². The lowest BCUT2D eigenvalue weighted by atomic mass is 9.74. The molecule has 1 saturated carbocycles. The molecule has 0 saturated heterocycles. The maximum atomic E-state index is 13.3. The number of rotatable bonds is 10. The van der Waals surface area contributed by atoms with Gasteiger partial charge < -0.3 is 31.3 Å². The van der Waals surface area contributed by atoms with Gasteiger partial charge in [0.1, 0.15) is 18.5 Å². The molecule has 0 aromatic heterocycles. The molecular weight excluding hydrogens is 469 g/mol. The normalized spacial score (nSPS) is 18.3. The van der Waals surface area contributed by atoms with Gasteiger partial charge in [0.2, 0.25) is 11.8 Å². The minimum Gasteiger partial charge on any atom is -0.445 e. The molecule has 2 aromatic carbocycles. The molecule has 3 rings (SSSR count). The molecule has 3 unspecified atom stereocenters. The zero-order valence-electron chi connectivity index (χ0n) is 19.9. The summed E-state index contributed by atoms with van der Waals surface area (Å²) in [6.07, 6.45) is 2.57. The number of aliphatic hydroxyl groups is 2. The number of primary amides is 1. The van der Waals surface area contributed by atoms with E-state index in [-0.39, 0.29) is 24.3 Å². The molecular formula is C26H32FN3O6. The van der Waals surface area contributed by atoms with Crippen LogP contribution in [0.4, 0.5) is 9.18 Å². The summed E-state index contributed by atoms with van der Waals surface area (Å²) in [6, 6.07) is 10.9. The van der Waals surface area contributed by atoms with Crippen molar-refractivity contribution in [2.24, 2.45) is 11.7 Å². The first-order chi connectivity index (χ1) is 17.3. The minimum atomic E-state index is -1.05. The van der Waals surface area contributed by atoms with Gasteiger partial charge in [-0.1, -0.05) is 49.2 Å². The molecule has 9 nitrogen and oxygen atoms in total. The Morgan fingerprint density at radius 3 is 2.22 bits per heavy atom. The quantitative estimate of drug-likeness (QED) is 0.336. The maximum absolute atomic E-state index is 13.3. The number of benzene rings is 2. The van der Waals surface area contributed by atoms with Crippen molar-refractivity contribution >= 4 is 17.9 Å². The molecule has 194 valence electrons. The summed E-state index contributed by atoms with van der Waals surface area (Å²) >= 11 is 0. The average molecular weight is 502 g/mol. The Morgan fingerprint density at radius 1 is 0.972 bits per heavy atom. The fourth-order valence-corrected chi connectivity index (χ4v) is 4.43. The zero-order chi connectivity index (χ0) is 26.1. The highest BCUT2D eigenvalue weighted by atomic mass is 19.1. The topological polar surface area (TPSA) is 151 Å². The van der Waals surface area contributed by atoms with Crippen LogP contribution in [0.2, 0.25) is 0 Å². The van der Waals surface area contributed by atoms with E-state index in [1.165, 1.54) is 24.3 Å². The lowest BCUT2D eigenvalue weighted by Gasteiger charge is -2.32. The van der Waals surface area contributed by atoms with E-state index >= 15 is 0 Å². The number of nitrogens with one attached hydrogen (secondary N) is 2. The molecule has 6 N–H and O–H groups in total. The van der Waals surface area contributed by atoms with Gasteiger partial charge >= 0.3 is 6.09 Å². The molecule has 10 heteroatoms. The first kappa shape index (κ1) is 27.1. The van der Waals surface area contributed by atoms with Crippen molar-refractivity contribution < 1.29 is 33.7 Å². The number of alkyl carbamates (subject to hydrolysis) is 1. The largest absolute Gasteiger partial charge is 0.445 e. The van der Waals surface area contributed by atoms with Crippen LogP contribution in [-0.2, 0) is 20.9 Å². The van der Waals surface area contributed by atoms with Gasteiger partial charge in [-0.25, -0.2) is 9.18 Å². The van der Waals surface area contributed by atoms with Crippen LogP contribution in [0.15, 0.2) is 48.5 Å². The van der Waals surface area contributed by atoms with Crippen LogP contribution in [0.1, 0.15) is 54.3 Å². The third kappa shape index (κ3) is 7.25. The van der Waals surface area contributed by atoms with Crippen LogP contribution in [0, 0.1) is 11.7 Å². The Balaban J connectivity index is 1.65. The van der Waals surface area contributed by atoms with E-state index in [0.717, 1.165) is 30.4 Å². The molecule has 0 aliphatic heterocycles. The Labute approximate surface area is 208 Å². The van der Waals surface area contributed by atoms with E-state index in [1.807, 2.05) is 24.3 Å². The lowest BCUT2D eigenvalue weighted by Crippen LogP contribution is -2.42. The summed E-state index contributed by atoms with van der Waals surface area (Å²) in [4.78, 5) is 37.1. The predicted molar refractivity (Wildman–Crippen MR) is 129 cm³/mol. The summed E-state index contributed by atoms with van der Waals surface area (Å²) in [6.45, 7) is -0.802. The van der Waals surface area contributed by atoms with E-state index in [2.05, 4.69) is 10.6 Å². The van der Waals surface area contributed by atoms with Crippen molar-refractivity contribution in [2.75, 3.05) is 13.2 Å². The fraction of sp³-hybridized carbons (Fsp3) is 0.423. The Bertz CT molecular complexity index is 1030. The van der Waals surface area contributed by atoms with Crippen LogP contribution in [0.3, 0.4) is 0 Å². The number of aliphatic hydroxyl groups excluding tert-OH is 2. The number of hydrogen-bond donors (Lipinski definition) is 5. The molecule has 0 heterocycles. The number of amides is 3. The molecule has 0 radical (unpaired) electrons. The molecule has 3 atom stereocenters. The molecule has 1 fully saturated rings. The third-order valence-electron chi connectivity index (χ3n) is 6.42. The van der Waals surface area contributed by atoms with E-state index in [9.17, 15) is 18.8 Å². The number of ether oxygens (including phenoxy) is 1. The van der Waals surface area contributed by atoms with E-state index in [4.69, 9.17) is 20.7 Å². The fourth-order valence-electron chi connectivity index (χ4n) is 4.43. The first-order valence-electron chi connectivity index (χ1n) is 11.9. The van der Waals surface area contributed by atoms with Gasteiger partial charge in [-0.2, -0.15) is 0 Å². The van der Waals surface area contributed by atoms with Crippen molar-refractivity contribution in [1.82, 2.24) is 10.6 Å². The van der Waals surface area contributed by atoms with Gasteiger partial charge in [0.15, 0.2) is 0 Å². The second-order valence-corrected chi connectivity index (χ2v) is 8.92. The zero-order valence-corrected chi connectivity index (χ0v) is 19.9. The Hall–Kier alpha value is -3.50. The maximum Gasteiger partial charge on any atom is 0.407 e. The number of halogens is 1. The van der Waals surface area contributed by atoms with Crippen LogP contribution >= 0.6 is 0 Å². The van der Waals surface area contributed by atoms with Crippen molar-refractivity contribution in [3.8, 4) is 0 Å². The smallest absolute Gasteiger partial charge is 0.407 e. The standard InChI is InChI=1S/C26H32FN3O6/c27-19-11-9-18(10-12-19)23(24(28)33)30-25(34)22-4-2-1-3-21(22)17-7-5-16(6-8-17)15-36-26(35)29-20(13-31)14-32/h5-12,20-23,31-32H,1-4,13-15H2,(H2,28,33)(H,29,35)(H,30,34). The predicted octanol–water partition coefficient (Wildman–Crippen LogP) is 2.02. The second kappa shape index (κ2) is 13.0. The molecule has 36 heavy (non-hydrogen) atoms. The summed E-state index contributed by atoms with van der Waals surface area (Å²) in [5, 5.41) is 23.1. The monoisotopic (exact) mass is 501 g/mol. The number of nitrogens with two attached hydrogens (primary N) is 1. The minimum absolute atomic E-state index is 0.00222. The molecule has 0 bridgehead atoms. The van der Waals surface area contributed by atoms with Crippen LogP contribution in [0.5, 0.6) is 0 Å². The number of hydrogen-bond acceptors (Lipinski definition) is 6. The van der Waals surface area contributed by atoms with Gasteiger partial charge in [-0.15, -0.1) is 0 Å². The first-order valence-corrected chi connectivity index (χ1v) is 11.9. The van der Waals surface area contributed by atoms with Crippen LogP contribution in [-0.4, -0.2) is 47.4 Å². The SMILES string of the molecule is NC(=O)C(NC(=O)C1CCCCC1c1ccc(COC(=O)NC(CO)CO)cc1)c1ccc(F)cc1. The van der Waals surface area contributed by atoms with Gasteiger partial charge in [0.25, 0.3) is 0 Å². The lowest BCUT2D eigenvalue weighted by molar-refractivity contribution is -0.131. The molecule has 0 spiro atoms. The van der Waals surface area contributed by atoms with Gasteiger partial charge in [0, 0.05) is 5.92 Å². The van der Waals surface area contributed by atoms with Crippen molar-refractivity contribution in [1.29, 1.82) is 0 Å². The van der Waals surface area contributed by atoms with Crippen molar-refractivity contribution in [2.45, 2.75) is 50.3 Å². The van der Waals surface area contributed by atoms with E-state index < -0.39 is 43.1 Å². The third-order valence-corrected chi connectivity index (χ3v) is 6.42. The number of carbonyl (C=O) groups is 3. The summed E-state index contributed by atoms with van der Waals surface area (Å²) in [5.74, 6) is -1.87. The Morgan fingerprint density at radius 2 is 1.61 bits per heavy atom. The van der Waals surface area contributed by atoms with Crippen molar-refractivity contribution in [3.05, 3.63) is 71.0 Å². The van der Waals surface area contributed by atoms with E-state index in [0.29, 0.717) is 12.0 Å². The molecule has 1 aliphatic rings. The van der Waals surface area contributed by atoms with Crippen molar-refractivity contribution in [3.63, 3.8) is 0 Å². The molecule has 1 aliphatic carbocycles. The number of carbonyl (C=O) groups excluding carboxylic acids is 3. The molecule has 3 amide bonds. The summed E-state index contributed by atoms with van der Waals surface area (Å²) in [7, 11) is 0.